The second-order valence-corrected chi connectivity index (χ2v) is 4.87. The second kappa shape index (κ2) is 6.13. The Morgan fingerprint density at radius 2 is 2.16 bits per heavy atom. The number of nitrogens with zero attached hydrogens (tertiary/aromatic N) is 1. The van der Waals surface area contributed by atoms with Gasteiger partial charge in [-0.05, 0) is 42.2 Å². The molecule has 1 heterocycles. The van der Waals surface area contributed by atoms with Crippen molar-refractivity contribution >= 4 is 11.6 Å². The van der Waals surface area contributed by atoms with Gasteiger partial charge in [-0.25, -0.2) is 4.39 Å². The molecular weight excluding hydrogens is 263 g/mol. The van der Waals surface area contributed by atoms with Gasteiger partial charge < -0.3 is 5.73 Å². The van der Waals surface area contributed by atoms with E-state index in [1.165, 1.54) is 6.07 Å². The summed E-state index contributed by atoms with van der Waals surface area (Å²) in [6, 6.07) is 8.45. The molecule has 0 bridgehead atoms. The summed E-state index contributed by atoms with van der Waals surface area (Å²) < 4.78 is 13.4. The van der Waals surface area contributed by atoms with Crippen molar-refractivity contribution in [2.45, 2.75) is 25.8 Å². The van der Waals surface area contributed by atoms with Crippen LogP contribution >= 0.6 is 11.6 Å². The minimum Gasteiger partial charge on any atom is -0.322 e. The standard InChI is InChI=1S/C15H16ClFN2/c1-2-11-4-3-7-19-15(11)14(18)9-10-5-6-12(16)13(17)8-10/h3-8,14H,2,9,18H2,1H3. The van der Waals surface area contributed by atoms with E-state index in [0.717, 1.165) is 23.2 Å². The molecule has 2 N–H and O–H groups in total. The van der Waals surface area contributed by atoms with Gasteiger partial charge in [-0.2, -0.15) is 0 Å². The van der Waals surface area contributed by atoms with Gasteiger partial charge in [0.25, 0.3) is 0 Å². The molecular formula is C15H16ClFN2. The number of aromatic nitrogens is 1. The van der Waals surface area contributed by atoms with Crippen molar-refractivity contribution in [1.82, 2.24) is 4.98 Å². The number of hydrogen-bond acceptors (Lipinski definition) is 2. The fraction of sp³-hybridized carbons (Fsp3) is 0.267. The molecule has 0 aliphatic heterocycles. The van der Waals surface area contributed by atoms with E-state index in [1.807, 2.05) is 12.1 Å². The highest BCUT2D eigenvalue weighted by molar-refractivity contribution is 6.30. The van der Waals surface area contributed by atoms with E-state index in [-0.39, 0.29) is 11.1 Å². The summed E-state index contributed by atoms with van der Waals surface area (Å²) in [5.41, 5.74) is 9.00. The quantitative estimate of drug-likeness (QED) is 0.927. The lowest BCUT2D eigenvalue weighted by atomic mass is 9.99. The molecule has 2 nitrogen and oxygen atoms in total. The van der Waals surface area contributed by atoms with E-state index in [0.29, 0.717) is 6.42 Å². The van der Waals surface area contributed by atoms with Crippen molar-refractivity contribution in [3.63, 3.8) is 0 Å². The molecule has 4 heteroatoms. The first kappa shape index (κ1) is 14.0. The van der Waals surface area contributed by atoms with Crippen molar-refractivity contribution < 1.29 is 4.39 Å². The van der Waals surface area contributed by atoms with Gasteiger partial charge in [-0.3, -0.25) is 4.98 Å². The lowest BCUT2D eigenvalue weighted by Crippen LogP contribution is -2.17. The summed E-state index contributed by atoms with van der Waals surface area (Å²) in [6.45, 7) is 2.06. The molecule has 0 saturated heterocycles. The minimum atomic E-state index is -0.414. The van der Waals surface area contributed by atoms with Crippen molar-refractivity contribution in [2.75, 3.05) is 0 Å². The Morgan fingerprint density at radius 1 is 1.37 bits per heavy atom. The summed E-state index contributed by atoms with van der Waals surface area (Å²) in [5.74, 6) is -0.414. The second-order valence-electron chi connectivity index (χ2n) is 4.46. The molecule has 1 unspecified atom stereocenters. The van der Waals surface area contributed by atoms with Crippen LogP contribution < -0.4 is 5.73 Å². The molecule has 1 aromatic heterocycles. The Kier molecular flexibility index (Phi) is 4.51. The molecule has 0 spiro atoms. The van der Waals surface area contributed by atoms with Crippen LogP contribution in [0.3, 0.4) is 0 Å². The molecule has 0 aliphatic carbocycles. The SMILES string of the molecule is CCc1cccnc1C(N)Cc1ccc(Cl)c(F)c1. The van der Waals surface area contributed by atoms with Crippen molar-refractivity contribution in [1.29, 1.82) is 0 Å². The predicted molar refractivity (Wildman–Crippen MR) is 75.7 cm³/mol. The number of halogens is 2. The van der Waals surface area contributed by atoms with Gasteiger partial charge in [0.15, 0.2) is 0 Å². The van der Waals surface area contributed by atoms with Crippen LogP contribution in [0.15, 0.2) is 36.5 Å². The Bertz CT molecular complexity index is 572. The van der Waals surface area contributed by atoms with E-state index < -0.39 is 5.82 Å². The van der Waals surface area contributed by atoms with Gasteiger partial charge in [-0.1, -0.05) is 30.7 Å². The monoisotopic (exact) mass is 278 g/mol. The Morgan fingerprint density at radius 3 is 2.84 bits per heavy atom. The molecule has 1 atom stereocenters. The van der Waals surface area contributed by atoms with E-state index >= 15 is 0 Å². The fourth-order valence-electron chi connectivity index (χ4n) is 2.10. The Labute approximate surface area is 117 Å². The molecule has 0 saturated carbocycles. The molecule has 100 valence electrons. The van der Waals surface area contributed by atoms with E-state index in [2.05, 4.69) is 11.9 Å². The first-order valence-corrected chi connectivity index (χ1v) is 6.63. The van der Waals surface area contributed by atoms with Crippen LogP contribution in [0, 0.1) is 5.82 Å². The lowest BCUT2D eigenvalue weighted by molar-refractivity contribution is 0.620. The van der Waals surface area contributed by atoms with Crippen LogP contribution in [0.5, 0.6) is 0 Å². The van der Waals surface area contributed by atoms with E-state index in [9.17, 15) is 4.39 Å². The maximum atomic E-state index is 13.4. The van der Waals surface area contributed by atoms with Crippen LogP contribution in [-0.2, 0) is 12.8 Å². The number of aryl methyl sites for hydroxylation is 1. The van der Waals surface area contributed by atoms with Gasteiger partial charge in [0.2, 0.25) is 0 Å². The number of rotatable bonds is 4. The van der Waals surface area contributed by atoms with E-state index in [4.69, 9.17) is 17.3 Å². The van der Waals surface area contributed by atoms with Crippen LogP contribution in [-0.4, -0.2) is 4.98 Å². The topological polar surface area (TPSA) is 38.9 Å². The zero-order valence-electron chi connectivity index (χ0n) is 10.7. The Hall–Kier alpha value is -1.45. The van der Waals surface area contributed by atoms with Crippen LogP contribution in [0.4, 0.5) is 4.39 Å². The van der Waals surface area contributed by atoms with Crippen LogP contribution in [0.1, 0.15) is 29.8 Å². The fourth-order valence-corrected chi connectivity index (χ4v) is 2.22. The smallest absolute Gasteiger partial charge is 0.142 e. The summed E-state index contributed by atoms with van der Waals surface area (Å²) >= 11 is 5.66. The summed E-state index contributed by atoms with van der Waals surface area (Å²) in [6.07, 6.45) is 3.15. The van der Waals surface area contributed by atoms with Crippen LogP contribution in [0.2, 0.25) is 5.02 Å². The largest absolute Gasteiger partial charge is 0.322 e. The minimum absolute atomic E-state index is 0.129. The summed E-state index contributed by atoms with van der Waals surface area (Å²) in [5, 5.41) is 0.129. The first-order valence-electron chi connectivity index (χ1n) is 6.25. The van der Waals surface area contributed by atoms with Gasteiger partial charge in [0, 0.05) is 6.20 Å². The molecule has 1 aromatic carbocycles. The molecule has 2 rings (SSSR count). The average molecular weight is 279 g/mol. The molecule has 19 heavy (non-hydrogen) atoms. The van der Waals surface area contributed by atoms with Gasteiger partial charge >= 0.3 is 0 Å². The molecule has 0 amide bonds. The van der Waals surface area contributed by atoms with Gasteiger partial charge in [0.05, 0.1) is 16.8 Å². The first-order chi connectivity index (χ1) is 9.11. The van der Waals surface area contributed by atoms with E-state index in [1.54, 1.807) is 18.3 Å². The van der Waals surface area contributed by atoms with Crippen molar-refractivity contribution in [3.05, 3.63) is 64.2 Å². The van der Waals surface area contributed by atoms with Gasteiger partial charge in [-0.15, -0.1) is 0 Å². The third-order valence-corrected chi connectivity index (χ3v) is 3.40. The molecule has 0 radical (unpaired) electrons. The van der Waals surface area contributed by atoms with Crippen molar-refractivity contribution in [2.24, 2.45) is 5.73 Å². The molecule has 0 aliphatic rings. The van der Waals surface area contributed by atoms with Crippen LogP contribution in [0.25, 0.3) is 0 Å². The summed E-state index contributed by atoms with van der Waals surface area (Å²) in [7, 11) is 0. The molecule has 2 aromatic rings. The van der Waals surface area contributed by atoms with Gasteiger partial charge in [0.1, 0.15) is 5.82 Å². The summed E-state index contributed by atoms with van der Waals surface area (Å²) in [4.78, 5) is 4.34. The number of benzene rings is 1. The lowest BCUT2D eigenvalue weighted by Gasteiger charge is -2.14. The highest BCUT2D eigenvalue weighted by Gasteiger charge is 2.13. The maximum absolute atomic E-state index is 13.4. The third-order valence-electron chi connectivity index (χ3n) is 3.10. The maximum Gasteiger partial charge on any atom is 0.142 e. The number of pyridine rings is 1. The number of nitrogens with two attached hydrogens (primary N) is 1. The highest BCUT2D eigenvalue weighted by Crippen LogP contribution is 2.21. The normalized spacial score (nSPS) is 12.4. The Balaban J connectivity index is 2.20. The highest BCUT2D eigenvalue weighted by atomic mass is 35.5. The zero-order valence-corrected chi connectivity index (χ0v) is 11.5. The molecule has 0 fully saturated rings. The van der Waals surface area contributed by atoms with Crippen molar-refractivity contribution in [3.8, 4) is 0 Å². The zero-order chi connectivity index (χ0) is 13.8. The third kappa shape index (κ3) is 3.31. The predicted octanol–water partition coefficient (Wildman–Crippen LogP) is 3.68. The number of hydrogen-bond donors (Lipinski definition) is 1. The average Bonchev–Trinajstić information content (AvgIpc) is 2.43.